The number of nitrogens with zero attached hydrogens (tertiary/aromatic N) is 1. The highest BCUT2D eigenvalue weighted by molar-refractivity contribution is 5.88. The van der Waals surface area contributed by atoms with E-state index in [9.17, 15) is 14.0 Å². The van der Waals surface area contributed by atoms with Crippen LogP contribution in [0.25, 0.3) is 0 Å². The van der Waals surface area contributed by atoms with Crippen molar-refractivity contribution >= 4 is 11.8 Å². The highest BCUT2D eigenvalue weighted by Crippen LogP contribution is 2.17. The molecule has 0 bridgehead atoms. The van der Waals surface area contributed by atoms with Crippen LogP contribution in [0.4, 0.5) is 4.39 Å². The molecule has 0 aromatic heterocycles. The van der Waals surface area contributed by atoms with Crippen molar-refractivity contribution < 1.29 is 19.1 Å². The van der Waals surface area contributed by atoms with Crippen molar-refractivity contribution in [1.82, 2.24) is 10.2 Å². The predicted molar refractivity (Wildman–Crippen MR) is 110 cm³/mol. The minimum Gasteiger partial charge on any atom is -0.396 e. The number of carbonyl (C=O) groups excluding carboxylic acids is 2. The van der Waals surface area contributed by atoms with Gasteiger partial charge in [0.25, 0.3) is 0 Å². The summed E-state index contributed by atoms with van der Waals surface area (Å²) in [7, 11) is 0. The zero-order valence-electron chi connectivity index (χ0n) is 17.0. The molecular weight excluding hydrogens is 371 g/mol. The molecule has 0 fully saturated rings. The number of hydrogen-bond acceptors (Lipinski definition) is 3. The maximum Gasteiger partial charge on any atom is 0.243 e. The number of benzene rings is 2. The topological polar surface area (TPSA) is 69.6 Å². The average Bonchev–Trinajstić information content (AvgIpc) is 2.72. The maximum atomic E-state index is 13.3. The molecule has 2 amide bonds. The molecule has 156 valence electrons. The smallest absolute Gasteiger partial charge is 0.243 e. The molecule has 6 heteroatoms. The lowest BCUT2D eigenvalue weighted by atomic mass is 10.0. The third-order valence-corrected chi connectivity index (χ3v) is 4.63. The fourth-order valence-electron chi connectivity index (χ4n) is 3.05. The molecule has 0 saturated heterocycles. The fourth-order valence-corrected chi connectivity index (χ4v) is 3.05. The summed E-state index contributed by atoms with van der Waals surface area (Å²) in [4.78, 5) is 27.6. The van der Waals surface area contributed by atoms with Gasteiger partial charge in [-0.25, -0.2) is 4.39 Å². The van der Waals surface area contributed by atoms with E-state index in [0.29, 0.717) is 19.4 Å². The minimum atomic E-state index is -0.712. The molecule has 0 spiro atoms. The first-order valence-corrected chi connectivity index (χ1v) is 9.89. The zero-order valence-corrected chi connectivity index (χ0v) is 17.0. The van der Waals surface area contributed by atoms with E-state index >= 15 is 0 Å². The minimum absolute atomic E-state index is 0.0200. The normalized spacial score (nSPS) is 11.9. The first kappa shape index (κ1) is 22.6. The van der Waals surface area contributed by atoms with E-state index in [-0.39, 0.29) is 36.7 Å². The van der Waals surface area contributed by atoms with Crippen LogP contribution in [0.3, 0.4) is 0 Å². The summed E-state index contributed by atoms with van der Waals surface area (Å²) in [5.41, 5.74) is 1.69. The van der Waals surface area contributed by atoms with Gasteiger partial charge in [-0.1, -0.05) is 56.3 Å². The zero-order chi connectivity index (χ0) is 21.2. The molecule has 1 atom stereocenters. The van der Waals surface area contributed by atoms with Crippen molar-refractivity contribution in [3.05, 3.63) is 71.5 Å². The van der Waals surface area contributed by atoms with Crippen LogP contribution < -0.4 is 5.32 Å². The van der Waals surface area contributed by atoms with Gasteiger partial charge in [0.2, 0.25) is 11.8 Å². The Balaban J connectivity index is 2.33. The molecule has 2 rings (SSSR count). The van der Waals surface area contributed by atoms with Crippen molar-refractivity contribution in [2.24, 2.45) is 5.92 Å². The van der Waals surface area contributed by atoms with Crippen LogP contribution in [0, 0.1) is 11.7 Å². The summed E-state index contributed by atoms with van der Waals surface area (Å²) < 4.78 is 13.3. The van der Waals surface area contributed by atoms with E-state index in [2.05, 4.69) is 5.32 Å². The summed E-state index contributed by atoms with van der Waals surface area (Å²) >= 11 is 0. The lowest BCUT2D eigenvalue weighted by molar-refractivity contribution is -0.143. The van der Waals surface area contributed by atoms with Crippen molar-refractivity contribution in [3.8, 4) is 0 Å². The molecule has 2 aromatic rings. The number of hydrogen-bond donors (Lipinski definition) is 2. The quantitative estimate of drug-likeness (QED) is 0.603. The van der Waals surface area contributed by atoms with E-state index in [1.54, 1.807) is 30.9 Å². The van der Waals surface area contributed by atoms with Crippen LogP contribution in [-0.2, 0) is 22.6 Å². The van der Waals surface area contributed by atoms with E-state index in [1.807, 2.05) is 30.3 Å². The van der Waals surface area contributed by atoms with Gasteiger partial charge >= 0.3 is 0 Å². The van der Waals surface area contributed by atoms with Crippen molar-refractivity contribution in [1.29, 1.82) is 0 Å². The van der Waals surface area contributed by atoms with Crippen LogP contribution in [0.1, 0.15) is 31.4 Å². The molecule has 0 radical (unpaired) electrons. The van der Waals surface area contributed by atoms with Crippen LogP contribution in [-0.4, -0.2) is 41.0 Å². The van der Waals surface area contributed by atoms with E-state index in [1.165, 1.54) is 12.1 Å². The number of carbonyl (C=O) groups is 2. The van der Waals surface area contributed by atoms with Gasteiger partial charge in [0, 0.05) is 32.0 Å². The Morgan fingerprint density at radius 1 is 1.03 bits per heavy atom. The van der Waals surface area contributed by atoms with Crippen molar-refractivity contribution in [3.63, 3.8) is 0 Å². The van der Waals surface area contributed by atoms with E-state index in [4.69, 9.17) is 5.11 Å². The first-order valence-electron chi connectivity index (χ1n) is 9.89. The van der Waals surface area contributed by atoms with Crippen LogP contribution >= 0.6 is 0 Å². The standard InChI is InChI=1S/C23H29FN2O3/c1-17(2)23(29)26(16-19-9-11-20(24)12-10-19)21(22(28)25-13-6-14-27)15-18-7-4-3-5-8-18/h3-5,7-12,17,21,27H,6,13-16H2,1-2H3,(H,25,28). The molecule has 0 saturated carbocycles. The second kappa shape index (κ2) is 11.3. The summed E-state index contributed by atoms with van der Waals surface area (Å²) in [5, 5.41) is 11.8. The summed E-state index contributed by atoms with van der Waals surface area (Å²) in [6.07, 6.45) is 0.811. The largest absolute Gasteiger partial charge is 0.396 e. The lowest BCUT2D eigenvalue weighted by Gasteiger charge is -2.32. The molecule has 2 aromatic carbocycles. The number of halogens is 1. The number of nitrogens with one attached hydrogen (secondary N) is 1. The molecule has 5 nitrogen and oxygen atoms in total. The second-order valence-electron chi connectivity index (χ2n) is 7.32. The van der Waals surface area contributed by atoms with Gasteiger partial charge in [-0.05, 0) is 29.7 Å². The molecular formula is C23H29FN2O3. The molecule has 0 aliphatic rings. The van der Waals surface area contributed by atoms with Crippen LogP contribution in [0.15, 0.2) is 54.6 Å². The lowest BCUT2D eigenvalue weighted by Crippen LogP contribution is -2.51. The van der Waals surface area contributed by atoms with Gasteiger partial charge < -0.3 is 15.3 Å². The third-order valence-electron chi connectivity index (χ3n) is 4.63. The van der Waals surface area contributed by atoms with Crippen LogP contribution in [0.2, 0.25) is 0 Å². The van der Waals surface area contributed by atoms with Gasteiger partial charge in [-0.3, -0.25) is 9.59 Å². The van der Waals surface area contributed by atoms with Gasteiger partial charge in [0.15, 0.2) is 0 Å². The SMILES string of the molecule is CC(C)C(=O)N(Cc1ccc(F)cc1)C(Cc1ccccc1)C(=O)NCCCO. The molecule has 1 unspecified atom stereocenters. The Kier molecular flexibility index (Phi) is 8.80. The Hall–Kier alpha value is -2.73. The van der Waals surface area contributed by atoms with E-state index < -0.39 is 6.04 Å². The highest BCUT2D eigenvalue weighted by Gasteiger charge is 2.31. The molecule has 2 N–H and O–H groups in total. The summed E-state index contributed by atoms with van der Waals surface area (Å²) in [6.45, 7) is 4.11. The molecule has 29 heavy (non-hydrogen) atoms. The van der Waals surface area contributed by atoms with Crippen molar-refractivity contribution in [2.75, 3.05) is 13.2 Å². The monoisotopic (exact) mass is 400 g/mol. The average molecular weight is 400 g/mol. The number of rotatable bonds is 10. The number of aliphatic hydroxyl groups is 1. The van der Waals surface area contributed by atoms with Crippen molar-refractivity contribution in [2.45, 2.75) is 39.3 Å². The highest BCUT2D eigenvalue weighted by atomic mass is 19.1. The first-order chi connectivity index (χ1) is 13.9. The van der Waals surface area contributed by atoms with E-state index in [0.717, 1.165) is 11.1 Å². The number of amides is 2. The van der Waals surface area contributed by atoms with Gasteiger partial charge in [0.1, 0.15) is 11.9 Å². The van der Waals surface area contributed by atoms with Gasteiger partial charge in [0.05, 0.1) is 0 Å². The summed E-state index contributed by atoms with van der Waals surface area (Å²) in [6, 6.07) is 14.8. The second-order valence-corrected chi connectivity index (χ2v) is 7.32. The maximum absolute atomic E-state index is 13.3. The van der Waals surface area contributed by atoms with Crippen LogP contribution in [0.5, 0.6) is 0 Å². The predicted octanol–water partition coefficient (Wildman–Crippen LogP) is 2.92. The van der Waals surface area contributed by atoms with Gasteiger partial charge in [-0.2, -0.15) is 0 Å². The third kappa shape index (κ3) is 6.98. The number of aliphatic hydroxyl groups excluding tert-OH is 1. The van der Waals surface area contributed by atoms with Gasteiger partial charge in [-0.15, -0.1) is 0 Å². The fraction of sp³-hybridized carbons (Fsp3) is 0.391. The Morgan fingerprint density at radius 2 is 1.69 bits per heavy atom. The Morgan fingerprint density at radius 3 is 2.28 bits per heavy atom. The Labute approximate surface area is 171 Å². The molecule has 0 heterocycles. The summed E-state index contributed by atoms with van der Waals surface area (Å²) in [5.74, 6) is -1.05. The molecule has 0 aliphatic heterocycles. The molecule has 0 aliphatic carbocycles. The Bertz CT molecular complexity index is 778.